The molecule has 0 aliphatic rings. The number of nitrogens with two attached hydrogens (primary N) is 1. The minimum atomic E-state index is -0.0882. The minimum Gasteiger partial charge on any atom is -0.444 e. The monoisotopic (exact) mass is 195 g/mol. The van der Waals surface area contributed by atoms with E-state index in [2.05, 4.69) is 9.98 Å². The van der Waals surface area contributed by atoms with Crippen LogP contribution >= 0.6 is 0 Å². The molecule has 4 nitrogen and oxygen atoms in total. The van der Waals surface area contributed by atoms with Gasteiger partial charge in [0.2, 0.25) is 0 Å². The number of aryl methyl sites for hydroxylation is 1. The van der Waals surface area contributed by atoms with E-state index in [0.29, 0.717) is 18.3 Å². The molecule has 0 amide bonds. The normalized spacial score (nSPS) is 13.3. The Morgan fingerprint density at radius 1 is 1.57 bits per heavy atom. The number of aliphatic imine (C=N–C) groups is 1. The van der Waals surface area contributed by atoms with Crippen LogP contribution in [0.5, 0.6) is 0 Å². The lowest BCUT2D eigenvalue weighted by molar-refractivity contribution is 0.475. The summed E-state index contributed by atoms with van der Waals surface area (Å²) in [5.41, 5.74) is 5.71. The quantitative estimate of drug-likeness (QED) is 0.579. The number of oxazole rings is 1. The largest absolute Gasteiger partial charge is 0.444 e. The molecule has 78 valence electrons. The van der Waals surface area contributed by atoms with Crippen molar-refractivity contribution in [2.24, 2.45) is 16.1 Å². The maximum absolute atomic E-state index is 5.79. The zero-order valence-electron chi connectivity index (χ0n) is 9.16. The second kappa shape index (κ2) is 3.82. The molecule has 0 spiro atoms. The van der Waals surface area contributed by atoms with E-state index in [1.165, 1.54) is 0 Å². The highest BCUT2D eigenvalue weighted by Crippen LogP contribution is 2.13. The Labute approximate surface area is 84.2 Å². The van der Waals surface area contributed by atoms with E-state index in [4.69, 9.17) is 10.2 Å². The van der Waals surface area contributed by atoms with Crippen LogP contribution < -0.4 is 5.73 Å². The van der Waals surface area contributed by atoms with Gasteiger partial charge in [0.1, 0.15) is 12.3 Å². The number of amidine groups is 1. The predicted molar refractivity (Wildman–Crippen MR) is 56.0 cm³/mol. The third-order valence-corrected chi connectivity index (χ3v) is 1.84. The van der Waals surface area contributed by atoms with Gasteiger partial charge in [0, 0.05) is 12.3 Å². The molecule has 0 aliphatic heterocycles. The van der Waals surface area contributed by atoms with Crippen molar-refractivity contribution in [3.63, 3.8) is 0 Å². The highest BCUT2D eigenvalue weighted by Gasteiger charge is 2.15. The lowest BCUT2D eigenvalue weighted by atomic mass is 9.95. The standard InChI is InChI=1S/C10H17N3O/c1-7-12-5-8(14-7)6-13-9(11)10(2,3)4/h5H,6H2,1-4H3,(H2,11,13). The Balaban J connectivity index is 2.64. The fraction of sp³-hybridized carbons (Fsp3) is 0.600. The molecule has 0 fully saturated rings. The summed E-state index contributed by atoms with van der Waals surface area (Å²) in [5, 5.41) is 0. The molecule has 0 aromatic carbocycles. The topological polar surface area (TPSA) is 64.4 Å². The van der Waals surface area contributed by atoms with Gasteiger partial charge in [-0.25, -0.2) is 4.98 Å². The molecule has 0 atom stereocenters. The summed E-state index contributed by atoms with van der Waals surface area (Å²) in [4.78, 5) is 8.22. The first-order chi connectivity index (χ1) is 6.39. The van der Waals surface area contributed by atoms with Gasteiger partial charge in [0.25, 0.3) is 0 Å². The van der Waals surface area contributed by atoms with Crippen molar-refractivity contribution in [2.45, 2.75) is 34.2 Å². The van der Waals surface area contributed by atoms with Gasteiger partial charge >= 0.3 is 0 Å². The van der Waals surface area contributed by atoms with Crippen molar-refractivity contribution in [1.82, 2.24) is 4.98 Å². The van der Waals surface area contributed by atoms with Crippen molar-refractivity contribution >= 4 is 5.84 Å². The number of hydrogen-bond acceptors (Lipinski definition) is 3. The Hall–Kier alpha value is -1.32. The maximum atomic E-state index is 5.79. The van der Waals surface area contributed by atoms with E-state index < -0.39 is 0 Å². The number of aromatic nitrogens is 1. The summed E-state index contributed by atoms with van der Waals surface area (Å²) in [5.74, 6) is 2.03. The maximum Gasteiger partial charge on any atom is 0.191 e. The highest BCUT2D eigenvalue weighted by atomic mass is 16.4. The highest BCUT2D eigenvalue weighted by molar-refractivity contribution is 5.85. The summed E-state index contributed by atoms with van der Waals surface area (Å²) in [7, 11) is 0. The molecular weight excluding hydrogens is 178 g/mol. The SMILES string of the molecule is Cc1ncc(CN=C(N)C(C)(C)C)o1. The molecule has 0 radical (unpaired) electrons. The van der Waals surface area contributed by atoms with Gasteiger partial charge in [-0.05, 0) is 0 Å². The molecule has 1 heterocycles. The van der Waals surface area contributed by atoms with Crippen LogP contribution in [0.3, 0.4) is 0 Å². The Kier molecular flexibility index (Phi) is 2.93. The van der Waals surface area contributed by atoms with Crippen molar-refractivity contribution in [2.75, 3.05) is 0 Å². The first kappa shape index (κ1) is 10.8. The summed E-state index contributed by atoms with van der Waals surface area (Å²) < 4.78 is 5.27. The average molecular weight is 195 g/mol. The number of rotatable bonds is 2. The Morgan fingerprint density at radius 3 is 2.64 bits per heavy atom. The van der Waals surface area contributed by atoms with Crippen LogP contribution in [0.4, 0.5) is 0 Å². The molecule has 2 N–H and O–H groups in total. The predicted octanol–water partition coefficient (Wildman–Crippen LogP) is 1.89. The molecule has 1 aromatic rings. The lowest BCUT2D eigenvalue weighted by Crippen LogP contribution is -2.28. The molecule has 1 rings (SSSR count). The van der Waals surface area contributed by atoms with Gasteiger partial charge in [-0.15, -0.1) is 0 Å². The molecule has 0 aliphatic carbocycles. The zero-order chi connectivity index (χ0) is 10.8. The van der Waals surface area contributed by atoms with Crippen LogP contribution in [0.1, 0.15) is 32.4 Å². The van der Waals surface area contributed by atoms with Gasteiger partial charge in [0.15, 0.2) is 5.89 Å². The molecule has 0 bridgehead atoms. The fourth-order valence-corrected chi connectivity index (χ4v) is 0.879. The van der Waals surface area contributed by atoms with Crippen molar-refractivity contribution in [1.29, 1.82) is 0 Å². The zero-order valence-corrected chi connectivity index (χ0v) is 9.16. The van der Waals surface area contributed by atoms with Crippen LogP contribution in [-0.2, 0) is 6.54 Å². The van der Waals surface area contributed by atoms with Gasteiger partial charge in [0.05, 0.1) is 12.0 Å². The van der Waals surface area contributed by atoms with Gasteiger partial charge < -0.3 is 10.2 Å². The van der Waals surface area contributed by atoms with Crippen molar-refractivity contribution in [3.8, 4) is 0 Å². The van der Waals surface area contributed by atoms with E-state index in [1.54, 1.807) is 13.1 Å². The van der Waals surface area contributed by atoms with E-state index in [0.717, 1.165) is 5.76 Å². The summed E-state index contributed by atoms with van der Waals surface area (Å²) in [6.07, 6.45) is 1.68. The summed E-state index contributed by atoms with van der Waals surface area (Å²) in [6.45, 7) is 8.34. The average Bonchev–Trinajstić information content (AvgIpc) is 2.45. The second-order valence-corrected chi connectivity index (χ2v) is 4.30. The van der Waals surface area contributed by atoms with E-state index >= 15 is 0 Å². The molecule has 0 unspecified atom stereocenters. The number of nitrogens with zero attached hydrogens (tertiary/aromatic N) is 2. The van der Waals surface area contributed by atoms with E-state index in [1.807, 2.05) is 20.8 Å². The van der Waals surface area contributed by atoms with Crippen LogP contribution in [0.2, 0.25) is 0 Å². The van der Waals surface area contributed by atoms with Crippen LogP contribution in [0.15, 0.2) is 15.6 Å². The molecule has 14 heavy (non-hydrogen) atoms. The van der Waals surface area contributed by atoms with Crippen molar-refractivity contribution in [3.05, 3.63) is 17.8 Å². The van der Waals surface area contributed by atoms with Crippen LogP contribution in [0, 0.1) is 12.3 Å². The van der Waals surface area contributed by atoms with E-state index in [9.17, 15) is 0 Å². The lowest BCUT2D eigenvalue weighted by Gasteiger charge is -2.16. The minimum absolute atomic E-state index is 0.0882. The van der Waals surface area contributed by atoms with Crippen molar-refractivity contribution < 1.29 is 4.42 Å². The molecule has 0 saturated carbocycles. The first-order valence-corrected chi connectivity index (χ1v) is 4.61. The van der Waals surface area contributed by atoms with Crippen LogP contribution in [-0.4, -0.2) is 10.8 Å². The Morgan fingerprint density at radius 2 is 2.21 bits per heavy atom. The summed E-state index contributed by atoms with van der Waals surface area (Å²) >= 11 is 0. The fourth-order valence-electron chi connectivity index (χ4n) is 0.879. The molecular formula is C10H17N3O. The smallest absolute Gasteiger partial charge is 0.191 e. The third-order valence-electron chi connectivity index (χ3n) is 1.84. The molecule has 0 saturated heterocycles. The Bertz CT molecular complexity index is 333. The first-order valence-electron chi connectivity index (χ1n) is 4.61. The van der Waals surface area contributed by atoms with Crippen LogP contribution in [0.25, 0.3) is 0 Å². The van der Waals surface area contributed by atoms with Gasteiger partial charge in [-0.2, -0.15) is 0 Å². The van der Waals surface area contributed by atoms with Gasteiger partial charge in [-0.3, -0.25) is 4.99 Å². The van der Waals surface area contributed by atoms with Gasteiger partial charge in [-0.1, -0.05) is 20.8 Å². The molecule has 1 aromatic heterocycles. The van der Waals surface area contributed by atoms with E-state index in [-0.39, 0.29) is 5.41 Å². The summed E-state index contributed by atoms with van der Waals surface area (Å²) in [6, 6.07) is 0. The number of hydrogen-bond donors (Lipinski definition) is 1. The third kappa shape index (κ3) is 2.87. The second-order valence-electron chi connectivity index (χ2n) is 4.30. The molecule has 4 heteroatoms.